The van der Waals surface area contributed by atoms with Crippen LogP contribution in [0.15, 0.2) is 18.2 Å². The van der Waals surface area contributed by atoms with Crippen molar-refractivity contribution >= 4 is 5.69 Å². The van der Waals surface area contributed by atoms with Crippen LogP contribution in [0, 0.1) is 24.2 Å². The highest BCUT2D eigenvalue weighted by molar-refractivity contribution is 5.62. The normalized spacial score (nSPS) is 26.9. The molecule has 1 aromatic carbocycles. The number of benzene rings is 1. The van der Waals surface area contributed by atoms with Crippen molar-refractivity contribution in [2.24, 2.45) is 5.92 Å². The average Bonchev–Trinajstić information content (AvgIpc) is 2.90. The minimum absolute atomic E-state index is 0.587. The fraction of sp³-hybridized carbons (Fsp3) is 0.500. The van der Waals surface area contributed by atoms with E-state index in [0.717, 1.165) is 36.8 Å². The summed E-state index contributed by atoms with van der Waals surface area (Å²) in [4.78, 5) is 2.43. The predicted octanol–water partition coefficient (Wildman–Crippen LogP) is 1.66. The van der Waals surface area contributed by atoms with Crippen LogP contribution >= 0.6 is 0 Å². The van der Waals surface area contributed by atoms with Gasteiger partial charge in [0.1, 0.15) is 6.07 Å². The summed E-state index contributed by atoms with van der Waals surface area (Å²) >= 11 is 0. The summed E-state index contributed by atoms with van der Waals surface area (Å²) in [7, 11) is 0. The van der Waals surface area contributed by atoms with E-state index >= 15 is 0 Å². The van der Waals surface area contributed by atoms with Gasteiger partial charge < -0.3 is 10.2 Å². The van der Waals surface area contributed by atoms with Crippen LogP contribution in [-0.4, -0.2) is 25.7 Å². The number of nitriles is 1. The highest BCUT2D eigenvalue weighted by atomic mass is 15.2. The molecule has 2 aliphatic heterocycles. The summed E-state index contributed by atoms with van der Waals surface area (Å²) < 4.78 is 0. The molecule has 2 fully saturated rings. The van der Waals surface area contributed by atoms with Gasteiger partial charge in [0, 0.05) is 25.7 Å². The van der Waals surface area contributed by atoms with Gasteiger partial charge in [0.05, 0.1) is 11.3 Å². The van der Waals surface area contributed by atoms with E-state index in [1.54, 1.807) is 0 Å². The first-order chi connectivity index (χ1) is 8.29. The molecule has 2 atom stereocenters. The van der Waals surface area contributed by atoms with Gasteiger partial charge in [0.15, 0.2) is 0 Å². The highest BCUT2D eigenvalue weighted by Crippen LogP contribution is 2.34. The Balaban J connectivity index is 1.99. The Morgan fingerprint density at radius 2 is 2.29 bits per heavy atom. The van der Waals surface area contributed by atoms with Crippen LogP contribution in [0.25, 0.3) is 0 Å². The number of hydrogen-bond donors (Lipinski definition) is 1. The van der Waals surface area contributed by atoms with E-state index in [0.29, 0.717) is 6.04 Å². The minimum Gasteiger partial charge on any atom is -0.366 e. The van der Waals surface area contributed by atoms with Crippen LogP contribution in [0.1, 0.15) is 17.5 Å². The first-order valence-corrected chi connectivity index (χ1v) is 6.27. The second-order valence-corrected chi connectivity index (χ2v) is 5.10. The van der Waals surface area contributed by atoms with Crippen LogP contribution < -0.4 is 10.2 Å². The molecule has 3 rings (SSSR count). The van der Waals surface area contributed by atoms with Crippen LogP contribution in [0.5, 0.6) is 0 Å². The van der Waals surface area contributed by atoms with E-state index in [2.05, 4.69) is 29.3 Å². The molecule has 0 aromatic heterocycles. The Morgan fingerprint density at radius 1 is 1.41 bits per heavy atom. The lowest BCUT2D eigenvalue weighted by Gasteiger charge is -2.26. The van der Waals surface area contributed by atoms with Gasteiger partial charge >= 0.3 is 0 Å². The van der Waals surface area contributed by atoms with Crippen molar-refractivity contribution in [3.63, 3.8) is 0 Å². The zero-order valence-corrected chi connectivity index (χ0v) is 10.1. The molecule has 3 heteroatoms. The van der Waals surface area contributed by atoms with Crippen molar-refractivity contribution in [1.82, 2.24) is 5.32 Å². The molecule has 1 N–H and O–H groups in total. The molecule has 2 heterocycles. The maximum Gasteiger partial charge on any atom is 0.101 e. The average molecular weight is 227 g/mol. The molecule has 1 aromatic rings. The van der Waals surface area contributed by atoms with Crippen LogP contribution in [0.3, 0.4) is 0 Å². The van der Waals surface area contributed by atoms with E-state index in [4.69, 9.17) is 0 Å². The summed E-state index contributed by atoms with van der Waals surface area (Å²) in [5.74, 6) is 0.766. The van der Waals surface area contributed by atoms with Gasteiger partial charge in [-0.2, -0.15) is 5.26 Å². The molecule has 0 bridgehead atoms. The monoisotopic (exact) mass is 227 g/mol. The molecule has 3 nitrogen and oxygen atoms in total. The van der Waals surface area contributed by atoms with Crippen molar-refractivity contribution < 1.29 is 0 Å². The van der Waals surface area contributed by atoms with E-state index in [9.17, 15) is 5.26 Å². The first kappa shape index (κ1) is 10.6. The number of aryl methyl sites for hydroxylation is 1. The van der Waals surface area contributed by atoms with E-state index in [-0.39, 0.29) is 0 Å². The lowest BCUT2D eigenvalue weighted by Crippen LogP contribution is -2.34. The molecule has 17 heavy (non-hydrogen) atoms. The predicted molar refractivity (Wildman–Crippen MR) is 68.0 cm³/mol. The Labute approximate surface area is 102 Å². The van der Waals surface area contributed by atoms with Crippen molar-refractivity contribution in [2.45, 2.75) is 19.4 Å². The lowest BCUT2D eigenvalue weighted by molar-refractivity contribution is 0.578. The molecule has 2 aliphatic rings. The zero-order valence-electron chi connectivity index (χ0n) is 10.1. The number of rotatable bonds is 1. The van der Waals surface area contributed by atoms with Gasteiger partial charge in [0.25, 0.3) is 0 Å². The van der Waals surface area contributed by atoms with Gasteiger partial charge in [-0.3, -0.25) is 0 Å². The molecule has 0 amide bonds. The Hall–Kier alpha value is -1.53. The summed E-state index contributed by atoms with van der Waals surface area (Å²) in [6.07, 6.45) is 1.25. The largest absolute Gasteiger partial charge is 0.366 e. The molecular weight excluding hydrogens is 210 g/mol. The maximum atomic E-state index is 9.22. The summed E-state index contributed by atoms with van der Waals surface area (Å²) in [5, 5.41) is 12.7. The van der Waals surface area contributed by atoms with Gasteiger partial charge in [-0.15, -0.1) is 0 Å². The Kier molecular flexibility index (Phi) is 2.53. The minimum atomic E-state index is 0.587. The molecule has 88 valence electrons. The van der Waals surface area contributed by atoms with Crippen LogP contribution in [0.4, 0.5) is 5.69 Å². The SMILES string of the molecule is Cc1ccc(C#N)c(N2CC[C@@H]3CNC[C@@H]32)c1. The summed E-state index contributed by atoms with van der Waals surface area (Å²) in [6.45, 7) is 5.37. The quantitative estimate of drug-likeness (QED) is 0.793. The van der Waals surface area contributed by atoms with Crippen molar-refractivity contribution in [2.75, 3.05) is 24.5 Å². The van der Waals surface area contributed by atoms with Crippen LogP contribution in [-0.2, 0) is 0 Å². The standard InChI is InChI=1S/C14H17N3/c1-10-2-3-11(7-15)13(6-10)17-5-4-12-8-16-9-14(12)17/h2-3,6,12,14,16H,4-5,8-9H2,1H3/t12-,14+/m1/s1. The Morgan fingerprint density at radius 3 is 3.12 bits per heavy atom. The zero-order chi connectivity index (χ0) is 11.8. The second-order valence-electron chi connectivity index (χ2n) is 5.10. The molecule has 0 aliphatic carbocycles. The number of fused-ring (bicyclic) bond motifs is 1. The first-order valence-electron chi connectivity index (χ1n) is 6.27. The van der Waals surface area contributed by atoms with Crippen molar-refractivity contribution in [3.8, 4) is 6.07 Å². The lowest BCUT2D eigenvalue weighted by atomic mass is 10.0. The van der Waals surface area contributed by atoms with Gasteiger partial charge in [-0.25, -0.2) is 0 Å². The molecule has 0 radical (unpaired) electrons. The van der Waals surface area contributed by atoms with Crippen molar-refractivity contribution in [3.05, 3.63) is 29.3 Å². The van der Waals surface area contributed by atoms with E-state index < -0.39 is 0 Å². The number of nitrogens with zero attached hydrogens (tertiary/aromatic N) is 2. The molecule has 2 saturated heterocycles. The third-order valence-electron chi connectivity index (χ3n) is 4.03. The third-order valence-corrected chi connectivity index (χ3v) is 4.03. The summed E-state index contributed by atoms with van der Waals surface area (Å²) in [5.41, 5.74) is 3.17. The summed E-state index contributed by atoms with van der Waals surface area (Å²) in [6, 6.07) is 9.02. The number of nitrogens with one attached hydrogen (secondary N) is 1. The third kappa shape index (κ3) is 1.69. The fourth-order valence-corrected chi connectivity index (χ4v) is 3.12. The van der Waals surface area contributed by atoms with Crippen molar-refractivity contribution in [1.29, 1.82) is 5.26 Å². The highest BCUT2D eigenvalue weighted by Gasteiger charge is 2.38. The molecule has 0 spiro atoms. The van der Waals surface area contributed by atoms with E-state index in [1.165, 1.54) is 12.0 Å². The molecule has 0 unspecified atom stereocenters. The smallest absolute Gasteiger partial charge is 0.101 e. The Bertz CT molecular complexity index is 475. The topological polar surface area (TPSA) is 39.1 Å². The molecule has 0 saturated carbocycles. The second kappa shape index (κ2) is 4.05. The van der Waals surface area contributed by atoms with Crippen LogP contribution in [0.2, 0.25) is 0 Å². The number of hydrogen-bond acceptors (Lipinski definition) is 3. The number of anilines is 1. The maximum absolute atomic E-state index is 9.22. The molecular formula is C14H17N3. The van der Waals surface area contributed by atoms with Gasteiger partial charge in [-0.05, 0) is 37.0 Å². The van der Waals surface area contributed by atoms with E-state index in [1.807, 2.05) is 12.1 Å². The van der Waals surface area contributed by atoms with Gasteiger partial charge in [-0.1, -0.05) is 6.07 Å². The van der Waals surface area contributed by atoms with Gasteiger partial charge in [0.2, 0.25) is 0 Å². The fourth-order valence-electron chi connectivity index (χ4n) is 3.12.